The van der Waals surface area contributed by atoms with Crippen LogP contribution in [0.15, 0.2) is 41.7 Å². The van der Waals surface area contributed by atoms with Crippen LogP contribution in [0.3, 0.4) is 0 Å². The third-order valence-electron chi connectivity index (χ3n) is 3.78. The van der Waals surface area contributed by atoms with Gasteiger partial charge in [0.15, 0.2) is 0 Å². The van der Waals surface area contributed by atoms with Crippen molar-refractivity contribution >= 4 is 22.4 Å². The zero-order valence-corrected chi connectivity index (χ0v) is 12.3. The van der Waals surface area contributed by atoms with Crippen LogP contribution in [0.25, 0.3) is 10.8 Å². The van der Waals surface area contributed by atoms with E-state index >= 15 is 0 Å². The minimum Gasteiger partial charge on any atom is -0.390 e. The predicted molar refractivity (Wildman–Crippen MR) is 84.3 cm³/mol. The molecule has 3 rings (SSSR count). The van der Waals surface area contributed by atoms with Gasteiger partial charge in [0.25, 0.3) is 5.91 Å². The summed E-state index contributed by atoms with van der Waals surface area (Å²) in [5.74, 6) is -0.522. The van der Waals surface area contributed by atoms with Crippen molar-refractivity contribution in [1.29, 1.82) is 0 Å². The quantitative estimate of drug-likeness (QED) is 0.875. The topological polar surface area (TPSA) is 89.6 Å². The summed E-state index contributed by atoms with van der Waals surface area (Å²) in [5.41, 5.74) is 6.48. The molecule has 2 heterocycles. The van der Waals surface area contributed by atoms with Gasteiger partial charge >= 0.3 is 0 Å². The molecular weight excluding hydrogens is 280 g/mol. The highest BCUT2D eigenvalue weighted by molar-refractivity contribution is 6.38. The lowest BCUT2D eigenvalue weighted by Crippen LogP contribution is -2.31. The van der Waals surface area contributed by atoms with E-state index in [1.54, 1.807) is 0 Å². The second-order valence-electron chi connectivity index (χ2n) is 5.38. The highest BCUT2D eigenvalue weighted by Gasteiger charge is 2.25. The lowest BCUT2D eigenvalue weighted by Gasteiger charge is -2.17. The number of rotatable bonds is 5. The average Bonchev–Trinajstić information content (AvgIpc) is 3.01. The fourth-order valence-electron chi connectivity index (χ4n) is 2.58. The lowest BCUT2D eigenvalue weighted by atomic mass is 10.1. The molecule has 2 aromatic rings. The number of fused-ring (bicyclic) bond motifs is 1. The maximum absolute atomic E-state index is 11.0. The van der Waals surface area contributed by atoms with Crippen molar-refractivity contribution in [2.75, 3.05) is 6.54 Å². The first kappa shape index (κ1) is 14.5. The van der Waals surface area contributed by atoms with Crippen molar-refractivity contribution < 1.29 is 9.63 Å². The molecule has 3 N–H and O–H groups in total. The Labute approximate surface area is 128 Å². The van der Waals surface area contributed by atoms with E-state index in [1.165, 1.54) is 0 Å². The standard InChI is InChI=1S/C16H18N4O2/c1-10(19-9-12-8-14(16(17)21)20-22-12)15-13-5-3-2-4-11(13)6-7-18-15/h2-7,10,12,19H,8-9H2,1H3,(H2,17,21). The van der Waals surface area contributed by atoms with Crippen LogP contribution in [0.2, 0.25) is 0 Å². The fourth-order valence-corrected chi connectivity index (χ4v) is 2.58. The third kappa shape index (κ3) is 2.92. The summed E-state index contributed by atoms with van der Waals surface area (Å²) < 4.78 is 0. The molecule has 1 aromatic carbocycles. The van der Waals surface area contributed by atoms with Gasteiger partial charge in [-0.25, -0.2) is 0 Å². The molecule has 1 amide bonds. The summed E-state index contributed by atoms with van der Waals surface area (Å²) in [7, 11) is 0. The van der Waals surface area contributed by atoms with E-state index in [0.29, 0.717) is 18.7 Å². The number of oxime groups is 1. The van der Waals surface area contributed by atoms with Gasteiger partial charge in [0.05, 0.1) is 5.69 Å². The monoisotopic (exact) mass is 298 g/mol. The van der Waals surface area contributed by atoms with E-state index in [-0.39, 0.29) is 12.1 Å². The maximum atomic E-state index is 11.0. The van der Waals surface area contributed by atoms with E-state index < -0.39 is 5.91 Å². The summed E-state index contributed by atoms with van der Waals surface area (Å²) in [6.45, 7) is 2.63. The van der Waals surface area contributed by atoms with Gasteiger partial charge in [-0.3, -0.25) is 9.78 Å². The Balaban J connectivity index is 1.65. The lowest BCUT2D eigenvalue weighted by molar-refractivity contribution is -0.112. The molecular formula is C16H18N4O2. The molecule has 1 aromatic heterocycles. The van der Waals surface area contributed by atoms with Crippen molar-refractivity contribution in [3.05, 3.63) is 42.2 Å². The van der Waals surface area contributed by atoms with E-state index in [4.69, 9.17) is 10.6 Å². The predicted octanol–water partition coefficient (Wildman–Crippen LogP) is 1.52. The molecule has 1 aliphatic rings. The molecule has 6 heteroatoms. The number of pyridine rings is 1. The molecule has 114 valence electrons. The number of primary amides is 1. The van der Waals surface area contributed by atoms with Gasteiger partial charge in [-0.05, 0) is 18.4 Å². The van der Waals surface area contributed by atoms with Gasteiger partial charge in [-0.2, -0.15) is 0 Å². The first-order chi connectivity index (χ1) is 10.6. The van der Waals surface area contributed by atoms with Crippen molar-refractivity contribution in [3.63, 3.8) is 0 Å². The number of nitrogens with two attached hydrogens (primary N) is 1. The van der Waals surface area contributed by atoms with Crippen LogP contribution in [0.1, 0.15) is 25.1 Å². The molecule has 0 bridgehead atoms. The van der Waals surface area contributed by atoms with Crippen LogP contribution in [0.4, 0.5) is 0 Å². The number of hydrogen-bond donors (Lipinski definition) is 2. The van der Waals surface area contributed by atoms with Crippen molar-refractivity contribution in [1.82, 2.24) is 10.3 Å². The van der Waals surface area contributed by atoms with E-state index in [2.05, 4.69) is 34.5 Å². The molecule has 0 aliphatic carbocycles. The molecule has 22 heavy (non-hydrogen) atoms. The molecule has 6 nitrogen and oxygen atoms in total. The molecule has 2 unspecified atom stereocenters. The van der Waals surface area contributed by atoms with Crippen molar-refractivity contribution in [2.45, 2.75) is 25.5 Å². The van der Waals surface area contributed by atoms with Crippen molar-refractivity contribution in [2.24, 2.45) is 10.9 Å². The normalized spacial score (nSPS) is 18.8. The number of carbonyl (C=O) groups excluding carboxylic acids is 1. The number of amides is 1. The molecule has 2 atom stereocenters. The second kappa shape index (κ2) is 6.11. The van der Waals surface area contributed by atoms with Crippen LogP contribution in [0.5, 0.6) is 0 Å². The molecule has 0 saturated heterocycles. The van der Waals surface area contributed by atoms with Crippen molar-refractivity contribution in [3.8, 4) is 0 Å². The first-order valence-corrected chi connectivity index (χ1v) is 7.24. The number of benzene rings is 1. The summed E-state index contributed by atoms with van der Waals surface area (Å²) >= 11 is 0. The number of hydrogen-bond acceptors (Lipinski definition) is 5. The summed E-state index contributed by atoms with van der Waals surface area (Å²) in [5, 5.41) is 9.38. The molecule has 0 fully saturated rings. The van der Waals surface area contributed by atoms with Gasteiger partial charge in [-0.15, -0.1) is 0 Å². The van der Waals surface area contributed by atoms with E-state index in [0.717, 1.165) is 16.5 Å². The van der Waals surface area contributed by atoms with Gasteiger partial charge in [0.1, 0.15) is 11.8 Å². The van der Waals surface area contributed by atoms with Crippen LogP contribution >= 0.6 is 0 Å². The maximum Gasteiger partial charge on any atom is 0.266 e. The Morgan fingerprint density at radius 2 is 2.27 bits per heavy atom. The Morgan fingerprint density at radius 3 is 3.05 bits per heavy atom. The SMILES string of the molecule is CC(NCC1CC(C(N)=O)=NO1)c1nccc2ccccc12. The molecule has 0 radical (unpaired) electrons. The average molecular weight is 298 g/mol. The Bertz CT molecular complexity index is 724. The number of nitrogens with one attached hydrogen (secondary N) is 1. The summed E-state index contributed by atoms with van der Waals surface area (Å²) in [6, 6.07) is 10.2. The van der Waals surface area contributed by atoms with Crippen LogP contribution in [-0.4, -0.2) is 29.3 Å². The van der Waals surface area contributed by atoms with Crippen LogP contribution in [-0.2, 0) is 9.63 Å². The zero-order chi connectivity index (χ0) is 15.5. The van der Waals surface area contributed by atoms with Gasteiger partial charge < -0.3 is 15.9 Å². The van der Waals surface area contributed by atoms with Gasteiger partial charge in [-0.1, -0.05) is 29.4 Å². The van der Waals surface area contributed by atoms with E-state index in [1.807, 2.05) is 24.4 Å². The zero-order valence-electron chi connectivity index (χ0n) is 12.3. The van der Waals surface area contributed by atoms with Crippen LogP contribution < -0.4 is 11.1 Å². The van der Waals surface area contributed by atoms with Gasteiger partial charge in [0.2, 0.25) is 0 Å². The minimum absolute atomic E-state index is 0.0623. The molecule has 0 saturated carbocycles. The first-order valence-electron chi connectivity index (χ1n) is 7.24. The smallest absolute Gasteiger partial charge is 0.266 e. The number of aromatic nitrogens is 1. The Kier molecular flexibility index (Phi) is 4.02. The second-order valence-corrected chi connectivity index (χ2v) is 5.38. The fraction of sp³-hybridized carbons (Fsp3) is 0.312. The Hall–Kier alpha value is -2.47. The van der Waals surface area contributed by atoms with Gasteiger partial charge in [0, 0.05) is 30.6 Å². The molecule has 1 aliphatic heterocycles. The summed E-state index contributed by atoms with van der Waals surface area (Å²) in [4.78, 5) is 20.7. The third-order valence-corrected chi connectivity index (χ3v) is 3.78. The molecule has 0 spiro atoms. The Morgan fingerprint density at radius 1 is 1.45 bits per heavy atom. The minimum atomic E-state index is -0.522. The number of carbonyl (C=O) groups is 1. The largest absolute Gasteiger partial charge is 0.390 e. The summed E-state index contributed by atoms with van der Waals surface area (Å²) in [6.07, 6.45) is 2.09. The van der Waals surface area contributed by atoms with Crippen LogP contribution in [0, 0.1) is 0 Å². The number of nitrogens with zero attached hydrogens (tertiary/aromatic N) is 2. The van der Waals surface area contributed by atoms with E-state index in [9.17, 15) is 4.79 Å². The highest BCUT2D eigenvalue weighted by Crippen LogP contribution is 2.22. The highest BCUT2D eigenvalue weighted by atomic mass is 16.6.